The van der Waals surface area contributed by atoms with Gasteiger partial charge in [0.25, 0.3) is 17.1 Å². The maximum absolute atomic E-state index is 12.4. The van der Waals surface area contributed by atoms with Gasteiger partial charge in [0, 0.05) is 31.3 Å². The summed E-state index contributed by atoms with van der Waals surface area (Å²) in [6.07, 6.45) is -0.482. The van der Waals surface area contributed by atoms with E-state index in [1.165, 1.54) is 0 Å². The van der Waals surface area contributed by atoms with Crippen molar-refractivity contribution in [2.75, 3.05) is 31.6 Å². The van der Waals surface area contributed by atoms with E-state index in [0.717, 1.165) is 18.2 Å². The highest BCUT2D eigenvalue weighted by Gasteiger charge is 2.27. The van der Waals surface area contributed by atoms with Gasteiger partial charge >= 0.3 is 0 Å². The molecule has 0 atom stereocenters. The van der Waals surface area contributed by atoms with Crippen molar-refractivity contribution >= 4 is 70.0 Å². The number of non-ortho nitro benzene ring substituents is 2. The summed E-state index contributed by atoms with van der Waals surface area (Å²) in [6.45, 7) is 0.863. The summed E-state index contributed by atoms with van der Waals surface area (Å²) >= 11 is 12.2. The molecule has 0 aliphatic heterocycles. The molecule has 190 valence electrons. The van der Waals surface area contributed by atoms with Crippen LogP contribution in [-0.4, -0.2) is 47.0 Å². The van der Waals surface area contributed by atoms with E-state index in [-0.39, 0.29) is 59.1 Å². The Morgan fingerprint density at radius 1 is 0.914 bits per heavy atom. The van der Waals surface area contributed by atoms with Crippen molar-refractivity contribution in [3.05, 3.63) is 70.2 Å². The first-order valence-corrected chi connectivity index (χ1v) is 10.2. The van der Waals surface area contributed by atoms with Crippen LogP contribution in [0.2, 0.25) is 10.0 Å². The molecule has 0 aliphatic rings. The molecule has 0 radical (unpaired) electrons. The Labute approximate surface area is 213 Å². The van der Waals surface area contributed by atoms with Crippen molar-refractivity contribution in [2.24, 2.45) is 5.73 Å². The predicted molar refractivity (Wildman–Crippen MR) is 130 cm³/mol. The van der Waals surface area contributed by atoms with E-state index in [9.17, 15) is 35.1 Å². The lowest BCUT2D eigenvalue weighted by Gasteiger charge is -2.15. The lowest BCUT2D eigenvalue weighted by Crippen LogP contribution is -2.29. The largest absolute Gasteiger partial charge is 0.378 e. The molecule has 0 saturated carbocycles. The summed E-state index contributed by atoms with van der Waals surface area (Å²) in [7, 11) is 0. The number of amides is 1. The van der Waals surface area contributed by atoms with E-state index >= 15 is 0 Å². The fraction of sp³-hybridized carbons (Fsp3) is 0.278. The number of nitrogens with two attached hydrogens (primary N) is 1. The van der Waals surface area contributed by atoms with Crippen molar-refractivity contribution in [3.8, 4) is 0 Å². The normalized spacial score (nSPS) is 10.3. The van der Waals surface area contributed by atoms with Crippen LogP contribution in [-0.2, 0) is 16.0 Å². The molecule has 0 heterocycles. The molecule has 2 aromatic rings. The highest BCUT2D eigenvalue weighted by atomic mass is 35.5. The van der Waals surface area contributed by atoms with Gasteiger partial charge in [-0.25, -0.2) is 0 Å². The summed E-state index contributed by atoms with van der Waals surface area (Å²) in [5, 5.41) is 38.6. The van der Waals surface area contributed by atoms with Crippen molar-refractivity contribution in [3.63, 3.8) is 0 Å². The minimum Gasteiger partial charge on any atom is -0.378 e. The highest BCUT2D eigenvalue weighted by Crippen LogP contribution is 2.41. The number of rotatable bonds is 12. The van der Waals surface area contributed by atoms with Gasteiger partial charge in [0.15, 0.2) is 0 Å². The van der Waals surface area contributed by atoms with Gasteiger partial charge in [-0.3, -0.25) is 35.1 Å². The number of benzene rings is 2. The maximum Gasteiger partial charge on any atom is 0.299 e. The van der Waals surface area contributed by atoms with Gasteiger partial charge in [-0.2, -0.15) is 0 Å². The SMILES string of the molecule is Cl.NCCOCCNC(=O)Cc1cc([N+](=O)[O-])cc([N+](=O)[O-])c1Nc1c(Cl)cc([N+](=O)[O-])cc1Cl. The lowest BCUT2D eigenvalue weighted by molar-refractivity contribution is -0.393. The number of ether oxygens (including phenoxy) is 1. The monoisotopic (exact) mass is 552 g/mol. The summed E-state index contributed by atoms with van der Waals surface area (Å²) < 4.78 is 5.13. The molecule has 2 rings (SSSR count). The Kier molecular flexibility index (Phi) is 11.5. The molecular formula is C18H19Cl3N6O8. The van der Waals surface area contributed by atoms with Crippen LogP contribution in [0.3, 0.4) is 0 Å². The number of carbonyl (C=O) groups is 1. The predicted octanol–water partition coefficient (Wildman–Crippen LogP) is 3.52. The van der Waals surface area contributed by atoms with Crippen molar-refractivity contribution in [2.45, 2.75) is 6.42 Å². The maximum atomic E-state index is 12.4. The molecule has 2 aromatic carbocycles. The smallest absolute Gasteiger partial charge is 0.299 e. The molecule has 0 bridgehead atoms. The Morgan fingerprint density at radius 3 is 2.00 bits per heavy atom. The van der Waals surface area contributed by atoms with Crippen LogP contribution in [0.4, 0.5) is 28.4 Å². The third-order valence-electron chi connectivity index (χ3n) is 4.26. The molecule has 0 aliphatic carbocycles. The number of nitrogens with one attached hydrogen (secondary N) is 2. The van der Waals surface area contributed by atoms with Gasteiger partial charge in [-0.1, -0.05) is 23.2 Å². The number of carbonyl (C=O) groups excluding carboxylic acids is 1. The quantitative estimate of drug-likeness (QED) is 0.198. The minimum atomic E-state index is -0.884. The number of hydrogen-bond acceptors (Lipinski definition) is 10. The molecule has 1 amide bonds. The molecule has 35 heavy (non-hydrogen) atoms. The van der Waals surface area contributed by atoms with E-state index in [2.05, 4.69) is 10.6 Å². The zero-order valence-corrected chi connectivity index (χ0v) is 20.0. The van der Waals surface area contributed by atoms with Crippen LogP contribution in [0, 0.1) is 30.3 Å². The third kappa shape index (κ3) is 8.15. The Balaban J connectivity index is 0.00000612. The van der Waals surface area contributed by atoms with E-state index in [1.807, 2.05) is 0 Å². The summed E-state index contributed by atoms with van der Waals surface area (Å²) in [5.41, 5.74) is 3.01. The molecule has 0 unspecified atom stereocenters. The fourth-order valence-corrected chi connectivity index (χ4v) is 3.37. The number of nitro benzene ring substituents is 3. The van der Waals surface area contributed by atoms with E-state index in [0.29, 0.717) is 12.6 Å². The summed E-state index contributed by atoms with van der Waals surface area (Å²) in [6, 6.07) is 3.64. The Bertz CT molecular complexity index is 1110. The van der Waals surface area contributed by atoms with E-state index in [4.69, 9.17) is 33.7 Å². The average Bonchev–Trinajstić information content (AvgIpc) is 2.75. The number of anilines is 2. The molecule has 4 N–H and O–H groups in total. The first kappa shape index (κ1) is 29.7. The summed E-state index contributed by atoms with van der Waals surface area (Å²) in [4.78, 5) is 43.9. The molecule has 17 heteroatoms. The zero-order chi connectivity index (χ0) is 25.4. The van der Waals surface area contributed by atoms with Crippen LogP contribution in [0.15, 0.2) is 24.3 Å². The zero-order valence-electron chi connectivity index (χ0n) is 17.7. The molecule has 0 fully saturated rings. The second kappa shape index (κ2) is 13.6. The van der Waals surface area contributed by atoms with Crippen molar-refractivity contribution in [1.29, 1.82) is 0 Å². The topological polar surface area (TPSA) is 206 Å². The van der Waals surface area contributed by atoms with Crippen LogP contribution >= 0.6 is 35.6 Å². The fourth-order valence-electron chi connectivity index (χ4n) is 2.80. The number of nitro groups is 3. The molecule has 0 aromatic heterocycles. The average molecular weight is 554 g/mol. The van der Waals surface area contributed by atoms with E-state index < -0.39 is 44.2 Å². The van der Waals surface area contributed by atoms with Crippen molar-refractivity contribution in [1.82, 2.24) is 5.32 Å². The Hall–Kier alpha value is -3.30. The third-order valence-corrected chi connectivity index (χ3v) is 4.86. The number of nitrogens with zero attached hydrogens (tertiary/aromatic N) is 3. The highest BCUT2D eigenvalue weighted by molar-refractivity contribution is 6.39. The van der Waals surface area contributed by atoms with Gasteiger partial charge in [0.05, 0.1) is 56.2 Å². The summed E-state index contributed by atoms with van der Waals surface area (Å²) in [5.74, 6) is -0.602. The van der Waals surface area contributed by atoms with Gasteiger partial charge in [0.1, 0.15) is 5.69 Å². The molecular weight excluding hydrogens is 535 g/mol. The van der Waals surface area contributed by atoms with Crippen LogP contribution < -0.4 is 16.4 Å². The van der Waals surface area contributed by atoms with Crippen LogP contribution in [0.1, 0.15) is 5.56 Å². The van der Waals surface area contributed by atoms with E-state index in [1.54, 1.807) is 0 Å². The number of halogens is 3. The standard InChI is InChI=1S/C18H18Cl2N6O8.ClH/c19-13-7-12(25(30)31)8-14(20)18(13)23-17-10(6-16(27)22-2-4-34-3-1-21)5-11(24(28)29)9-15(17)26(32)33;/h5,7-9,23H,1-4,6,21H2,(H,22,27);1H. The second-order valence-electron chi connectivity index (χ2n) is 6.61. The minimum absolute atomic E-state index is 0. The molecule has 0 spiro atoms. The second-order valence-corrected chi connectivity index (χ2v) is 7.42. The van der Waals surface area contributed by atoms with Gasteiger partial charge in [0.2, 0.25) is 5.91 Å². The first-order chi connectivity index (χ1) is 16.0. The first-order valence-electron chi connectivity index (χ1n) is 9.45. The van der Waals surface area contributed by atoms with Crippen LogP contribution in [0.25, 0.3) is 0 Å². The molecule has 14 nitrogen and oxygen atoms in total. The molecule has 0 saturated heterocycles. The lowest BCUT2D eigenvalue weighted by atomic mass is 10.1. The Morgan fingerprint density at radius 2 is 1.49 bits per heavy atom. The van der Waals surface area contributed by atoms with Crippen LogP contribution in [0.5, 0.6) is 0 Å². The van der Waals surface area contributed by atoms with Gasteiger partial charge in [-0.05, 0) is 5.56 Å². The van der Waals surface area contributed by atoms with Gasteiger partial charge in [-0.15, -0.1) is 12.4 Å². The number of hydrogen-bond donors (Lipinski definition) is 3. The van der Waals surface area contributed by atoms with Crippen molar-refractivity contribution < 1.29 is 24.3 Å². The van der Waals surface area contributed by atoms with Gasteiger partial charge < -0.3 is 21.1 Å².